The van der Waals surface area contributed by atoms with Crippen LogP contribution in [0, 0.1) is 0 Å². The van der Waals surface area contributed by atoms with Gasteiger partial charge in [0, 0.05) is 43.9 Å². The van der Waals surface area contributed by atoms with Crippen molar-refractivity contribution in [3.63, 3.8) is 0 Å². The number of hydrogen-bond acceptors (Lipinski definition) is 3. The van der Waals surface area contributed by atoms with Crippen LogP contribution in [0.3, 0.4) is 0 Å². The molecule has 0 radical (unpaired) electrons. The van der Waals surface area contributed by atoms with Crippen LogP contribution in [-0.4, -0.2) is 27.8 Å². The minimum atomic E-state index is -0.0226. The smallest absolute Gasteiger partial charge is 0.136 e. The van der Waals surface area contributed by atoms with E-state index in [1.54, 1.807) is 6.20 Å². The molecule has 0 unspecified atom stereocenters. The third kappa shape index (κ3) is 2.47. The van der Waals surface area contributed by atoms with E-state index in [2.05, 4.69) is 29.8 Å². The molecule has 3 heteroatoms. The zero-order valence-corrected chi connectivity index (χ0v) is 9.94. The molecule has 0 atom stereocenters. The van der Waals surface area contributed by atoms with E-state index in [-0.39, 0.29) is 5.54 Å². The summed E-state index contributed by atoms with van der Waals surface area (Å²) in [6.07, 6.45) is 5.03. The summed E-state index contributed by atoms with van der Waals surface area (Å²) >= 11 is 0. The Hall–Kier alpha value is -1.22. The summed E-state index contributed by atoms with van der Waals surface area (Å²) in [5.74, 6) is 0.382. The average Bonchev–Trinajstić information content (AvgIpc) is 2.23. The Labute approximate surface area is 96.5 Å². The fraction of sp³-hybridized carbons (Fsp3) is 0.538. The SMILES string of the molecule is CC1(C)CC(=O)CCN1Cc1cccnc1. The van der Waals surface area contributed by atoms with E-state index in [9.17, 15) is 4.79 Å². The van der Waals surface area contributed by atoms with Gasteiger partial charge in [-0.3, -0.25) is 14.7 Å². The molecule has 2 heterocycles. The van der Waals surface area contributed by atoms with E-state index in [1.807, 2.05) is 12.3 Å². The van der Waals surface area contributed by atoms with Crippen molar-refractivity contribution in [2.24, 2.45) is 0 Å². The Morgan fingerprint density at radius 3 is 2.94 bits per heavy atom. The van der Waals surface area contributed by atoms with Crippen LogP contribution in [0.25, 0.3) is 0 Å². The first-order valence-electron chi connectivity index (χ1n) is 5.73. The number of piperidine rings is 1. The Morgan fingerprint density at radius 1 is 1.50 bits per heavy atom. The molecule has 0 bridgehead atoms. The molecule has 0 amide bonds. The lowest BCUT2D eigenvalue weighted by atomic mass is 9.89. The van der Waals surface area contributed by atoms with Crippen molar-refractivity contribution < 1.29 is 4.79 Å². The molecular weight excluding hydrogens is 200 g/mol. The van der Waals surface area contributed by atoms with Crippen LogP contribution < -0.4 is 0 Å². The highest BCUT2D eigenvalue weighted by atomic mass is 16.1. The highest BCUT2D eigenvalue weighted by molar-refractivity contribution is 5.80. The molecular formula is C13H18N2O. The van der Waals surface area contributed by atoms with Crippen molar-refractivity contribution in [1.82, 2.24) is 9.88 Å². The van der Waals surface area contributed by atoms with Gasteiger partial charge < -0.3 is 0 Å². The van der Waals surface area contributed by atoms with Crippen molar-refractivity contribution >= 4 is 5.78 Å². The van der Waals surface area contributed by atoms with E-state index in [4.69, 9.17) is 0 Å². The van der Waals surface area contributed by atoms with E-state index >= 15 is 0 Å². The van der Waals surface area contributed by atoms with Gasteiger partial charge in [-0.05, 0) is 25.5 Å². The quantitative estimate of drug-likeness (QED) is 0.761. The Kier molecular flexibility index (Phi) is 3.06. The summed E-state index contributed by atoms with van der Waals surface area (Å²) in [5, 5.41) is 0. The summed E-state index contributed by atoms with van der Waals surface area (Å²) < 4.78 is 0. The van der Waals surface area contributed by atoms with Crippen molar-refractivity contribution in [3.05, 3.63) is 30.1 Å². The lowest BCUT2D eigenvalue weighted by Crippen LogP contribution is -2.49. The second kappa shape index (κ2) is 4.34. The van der Waals surface area contributed by atoms with Crippen LogP contribution >= 0.6 is 0 Å². The van der Waals surface area contributed by atoms with E-state index in [0.29, 0.717) is 18.6 Å². The maximum absolute atomic E-state index is 11.4. The zero-order chi connectivity index (χ0) is 11.6. The van der Waals surface area contributed by atoms with Crippen LogP contribution in [0.2, 0.25) is 0 Å². The van der Waals surface area contributed by atoms with Gasteiger partial charge in [-0.2, -0.15) is 0 Å². The number of Topliss-reactive ketones (excluding diaryl/α,β-unsaturated/α-hetero) is 1. The molecule has 0 saturated carbocycles. The summed E-state index contributed by atoms with van der Waals surface area (Å²) in [6.45, 7) is 6.02. The largest absolute Gasteiger partial charge is 0.300 e. The molecule has 1 aliphatic heterocycles. The second-order valence-electron chi connectivity index (χ2n) is 5.06. The van der Waals surface area contributed by atoms with Crippen LogP contribution in [0.1, 0.15) is 32.3 Å². The predicted molar refractivity (Wildman–Crippen MR) is 63.0 cm³/mol. The number of hydrogen-bond donors (Lipinski definition) is 0. The van der Waals surface area contributed by atoms with Crippen LogP contribution in [-0.2, 0) is 11.3 Å². The number of ketones is 1. The normalized spacial score (nSPS) is 21.0. The third-order valence-electron chi connectivity index (χ3n) is 3.24. The van der Waals surface area contributed by atoms with Gasteiger partial charge in [-0.25, -0.2) is 0 Å². The molecule has 0 aromatic carbocycles. The van der Waals surface area contributed by atoms with E-state index < -0.39 is 0 Å². The highest BCUT2D eigenvalue weighted by Crippen LogP contribution is 2.26. The predicted octanol–water partition coefficient (Wildman–Crippen LogP) is 2.03. The van der Waals surface area contributed by atoms with Gasteiger partial charge in [-0.15, -0.1) is 0 Å². The second-order valence-corrected chi connectivity index (χ2v) is 5.06. The van der Waals surface area contributed by atoms with Crippen LogP contribution in [0.5, 0.6) is 0 Å². The van der Waals surface area contributed by atoms with Gasteiger partial charge in [0.05, 0.1) is 0 Å². The molecule has 1 aromatic heterocycles. The molecule has 0 N–H and O–H groups in total. The summed E-state index contributed by atoms with van der Waals surface area (Å²) in [6, 6.07) is 4.04. The Bertz CT molecular complexity index is 373. The summed E-state index contributed by atoms with van der Waals surface area (Å²) in [7, 11) is 0. The van der Waals surface area contributed by atoms with Crippen molar-refractivity contribution in [2.75, 3.05) is 6.54 Å². The zero-order valence-electron chi connectivity index (χ0n) is 9.94. The number of rotatable bonds is 2. The molecule has 2 rings (SSSR count). The topological polar surface area (TPSA) is 33.2 Å². The van der Waals surface area contributed by atoms with Gasteiger partial charge in [0.1, 0.15) is 5.78 Å². The first kappa shape index (κ1) is 11.3. The first-order valence-corrected chi connectivity index (χ1v) is 5.73. The van der Waals surface area contributed by atoms with Crippen molar-refractivity contribution in [1.29, 1.82) is 0 Å². The van der Waals surface area contributed by atoms with Gasteiger partial charge >= 0.3 is 0 Å². The average molecular weight is 218 g/mol. The number of likely N-dealkylation sites (tertiary alicyclic amines) is 1. The fourth-order valence-corrected chi connectivity index (χ4v) is 2.25. The molecule has 3 nitrogen and oxygen atoms in total. The van der Waals surface area contributed by atoms with Gasteiger partial charge in [0.25, 0.3) is 0 Å². The molecule has 0 spiro atoms. The van der Waals surface area contributed by atoms with Gasteiger partial charge in [-0.1, -0.05) is 6.07 Å². The summed E-state index contributed by atoms with van der Waals surface area (Å²) in [5.41, 5.74) is 1.19. The van der Waals surface area contributed by atoms with Gasteiger partial charge in [0.2, 0.25) is 0 Å². The first-order chi connectivity index (χ1) is 7.58. The number of nitrogens with zero attached hydrogens (tertiary/aromatic N) is 2. The molecule has 0 aliphatic carbocycles. The molecule has 86 valence electrons. The lowest BCUT2D eigenvalue weighted by molar-refractivity contribution is -0.125. The lowest BCUT2D eigenvalue weighted by Gasteiger charge is -2.41. The molecule has 1 saturated heterocycles. The maximum Gasteiger partial charge on any atom is 0.136 e. The Morgan fingerprint density at radius 2 is 2.31 bits per heavy atom. The summed E-state index contributed by atoms with van der Waals surface area (Å²) in [4.78, 5) is 17.9. The molecule has 1 fully saturated rings. The minimum absolute atomic E-state index is 0.0226. The maximum atomic E-state index is 11.4. The van der Waals surface area contributed by atoms with E-state index in [0.717, 1.165) is 13.1 Å². The van der Waals surface area contributed by atoms with E-state index in [1.165, 1.54) is 5.56 Å². The fourth-order valence-electron chi connectivity index (χ4n) is 2.25. The monoisotopic (exact) mass is 218 g/mol. The molecule has 16 heavy (non-hydrogen) atoms. The number of carbonyl (C=O) groups is 1. The number of carbonyl (C=O) groups excluding carboxylic acids is 1. The minimum Gasteiger partial charge on any atom is -0.300 e. The highest BCUT2D eigenvalue weighted by Gasteiger charge is 2.33. The number of pyridine rings is 1. The third-order valence-corrected chi connectivity index (χ3v) is 3.24. The van der Waals surface area contributed by atoms with Crippen LogP contribution in [0.15, 0.2) is 24.5 Å². The Balaban J connectivity index is 2.07. The van der Waals surface area contributed by atoms with Crippen molar-refractivity contribution in [3.8, 4) is 0 Å². The number of aromatic nitrogens is 1. The standard InChI is InChI=1S/C13H18N2O/c1-13(2)8-12(16)5-7-15(13)10-11-4-3-6-14-9-11/h3-4,6,9H,5,7-8,10H2,1-2H3. The van der Waals surface area contributed by atoms with Crippen molar-refractivity contribution in [2.45, 2.75) is 38.8 Å². The van der Waals surface area contributed by atoms with Gasteiger partial charge in [0.15, 0.2) is 0 Å². The van der Waals surface area contributed by atoms with Crippen LogP contribution in [0.4, 0.5) is 0 Å². The molecule has 1 aromatic rings. The molecule has 1 aliphatic rings.